The van der Waals surface area contributed by atoms with Crippen LogP contribution in [0.4, 0.5) is 0 Å². The quantitative estimate of drug-likeness (QED) is 0.795. The van der Waals surface area contributed by atoms with Gasteiger partial charge in [0.05, 0.1) is 13.1 Å². The van der Waals surface area contributed by atoms with Crippen molar-refractivity contribution >= 4 is 55.1 Å². The summed E-state index contributed by atoms with van der Waals surface area (Å²) in [6.45, 7) is 3.49. The summed E-state index contributed by atoms with van der Waals surface area (Å²) in [7, 11) is 0. The highest BCUT2D eigenvalue weighted by Gasteiger charge is 2.37. The summed E-state index contributed by atoms with van der Waals surface area (Å²) in [5.74, 6) is -1.39. The summed E-state index contributed by atoms with van der Waals surface area (Å²) in [6, 6.07) is 1.67. The molecule has 1 heterocycles. The molecule has 0 spiro atoms. The summed E-state index contributed by atoms with van der Waals surface area (Å²) in [5.41, 5.74) is -0.760. The van der Waals surface area contributed by atoms with Gasteiger partial charge in [-0.05, 0) is 50.8 Å². The van der Waals surface area contributed by atoms with Crippen LogP contribution < -0.4 is 5.32 Å². The fourth-order valence-corrected chi connectivity index (χ4v) is 4.36. The highest BCUT2D eigenvalue weighted by Crippen LogP contribution is 2.32. The second-order valence-electron chi connectivity index (χ2n) is 3.79. The van der Waals surface area contributed by atoms with E-state index in [1.54, 1.807) is 19.9 Å². The Hall–Kier alpha value is -0.400. The maximum Gasteiger partial charge on any atom is 0.329 e. The van der Waals surface area contributed by atoms with Crippen molar-refractivity contribution in [2.24, 2.45) is 0 Å². The lowest BCUT2D eigenvalue weighted by Gasteiger charge is -2.27. The minimum Gasteiger partial charge on any atom is -0.480 e. The normalized spacial score (nSPS) is 11.3. The predicted molar refractivity (Wildman–Crippen MR) is 78.1 cm³/mol. The van der Waals surface area contributed by atoms with E-state index in [0.717, 1.165) is 3.79 Å². The predicted octanol–water partition coefficient (Wildman–Crippen LogP) is 3.65. The van der Waals surface area contributed by atoms with Crippen molar-refractivity contribution in [1.29, 1.82) is 0 Å². The molecule has 0 unspecified atom stereocenters. The van der Waals surface area contributed by atoms with Crippen molar-refractivity contribution in [3.63, 3.8) is 0 Å². The van der Waals surface area contributed by atoms with Crippen LogP contribution in [-0.4, -0.2) is 22.5 Å². The van der Waals surface area contributed by atoms with Crippen LogP contribution in [-0.2, 0) is 4.79 Å². The Labute approximate surface area is 126 Å². The number of hydrogen-bond donors (Lipinski definition) is 2. The molecule has 2 N–H and O–H groups in total. The van der Waals surface area contributed by atoms with Crippen LogP contribution in [0.5, 0.6) is 0 Å². The Bertz CT molecular complexity index is 469. The zero-order valence-electron chi connectivity index (χ0n) is 9.92. The fraction of sp³-hybridized carbons (Fsp3) is 0.455. The molecular formula is C11H13Br2NO3S. The van der Waals surface area contributed by atoms with Crippen molar-refractivity contribution in [2.75, 3.05) is 0 Å². The third-order valence-electron chi connectivity index (χ3n) is 2.87. The number of aliphatic carboxylic acids is 1. The van der Waals surface area contributed by atoms with Crippen LogP contribution in [0, 0.1) is 0 Å². The fourth-order valence-electron chi connectivity index (χ4n) is 1.56. The van der Waals surface area contributed by atoms with E-state index >= 15 is 0 Å². The van der Waals surface area contributed by atoms with E-state index in [0.29, 0.717) is 22.2 Å². The molecule has 1 amide bonds. The lowest BCUT2D eigenvalue weighted by Crippen LogP contribution is -2.53. The number of halogens is 2. The number of carboxylic acids is 1. The number of nitrogens with one attached hydrogen (secondary N) is 1. The minimum absolute atomic E-state index is 0.341. The molecular weight excluding hydrogens is 386 g/mol. The second-order valence-corrected chi connectivity index (χ2v) is 7.54. The molecule has 1 aromatic rings. The van der Waals surface area contributed by atoms with Gasteiger partial charge in [0.1, 0.15) is 5.54 Å². The first-order valence-electron chi connectivity index (χ1n) is 5.37. The average molecular weight is 399 g/mol. The van der Waals surface area contributed by atoms with Gasteiger partial charge in [0.15, 0.2) is 0 Å². The molecule has 100 valence electrons. The van der Waals surface area contributed by atoms with Gasteiger partial charge in [-0.15, -0.1) is 11.3 Å². The molecule has 1 rings (SSSR count). The molecule has 7 heteroatoms. The first-order valence-corrected chi connectivity index (χ1v) is 7.77. The van der Waals surface area contributed by atoms with Crippen LogP contribution in [0.1, 0.15) is 37.0 Å². The maximum atomic E-state index is 12.1. The molecule has 4 nitrogen and oxygen atoms in total. The van der Waals surface area contributed by atoms with Gasteiger partial charge >= 0.3 is 5.97 Å². The zero-order valence-corrected chi connectivity index (χ0v) is 13.9. The van der Waals surface area contributed by atoms with Gasteiger partial charge in [0, 0.05) is 0 Å². The number of carbonyl (C=O) groups excluding carboxylic acids is 1. The van der Waals surface area contributed by atoms with Crippen molar-refractivity contribution < 1.29 is 14.7 Å². The number of amides is 1. The van der Waals surface area contributed by atoms with Gasteiger partial charge in [-0.1, -0.05) is 13.8 Å². The van der Waals surface area contributed by atoms with Gasteiger partial charge in [-0.25, -0.2) is 4.79 Å². The molecule has 0 aliphatic heterocycles. The number of carbonyl (C=O) groups is 2. The van der Waals surface area contributed by atoms with E-state index in [-0.39, 0.29) is 5.91 Å². The average Bonchev–Trinajstić information content (AvgIpc) is 2.65. The number of carboxylic acid groups (broad SMARTS) is 1. The monoisotopic (exact) mass is 397 g/mol. The van der Waals surface area contributed by atoms with Crippen molar-refractivity contribution in [3.05, 3.63) is 19.2 Å². The summed E-state index contributed by atoms with van der Waals surface area (Å²) in [6.07, 6.45) is 0.682. The van der Waals surface area contributed by atoms with Gasteiger partial charge < -0.3 is 10.4 Å². The van der Waals surface area contributed by atoms with Crippen LogP contribution in [0.25, 0.3) is 0 Å². The van der Waals surface area contributed by atoms with Crippen LogP contribution in [0.2, 0.25) is 0 Å². The SMILES string of the molecule is CCC(CC)(NC(=O)c1cc(Br)sc1Br)C(=O)O. The molecule has 0 aromatic carbocycles. The summed E-state index contributed by atoms with van der Waals surface area (Å²) >= 11 is 7.94. The van der Waals surface area contributed by atoms with E-state index < -0.39 is 11.5 Å². The lowest BCUT2D eigenvalue weighted by molar-refractivity contribution is -0.144. The Morgan fingerprint density at radius 3 is 2.28 bits per heavy atom. The molecule has 0 atom stereocenters. The van der Waals surface area contributed by atoms with Crippen molar-refractivity contribution in [3.8, 4) is 0 Å². The van der Waals surface area contributed by atoms with Gasteiger partial charge in [-0.3, -0.25) is 4.79 Å². The first-order chi connectivity index (χ1) is 8.36. The third-order valence-corrected chi connectivity index (χ3v) is 5.21. The largest absolute Gasteiger partial charge is 0.480 e. The summed E-state index contributed by atoms with van der Waals surface area (Å²) in [4.78, 5) is 23.4. The van der Waals surface area contributed by atoms with E-state index in [4.69, 9.17) is 0 Å². The van der Waals surface area contributed by atoms with E-state index in [1.807, 2.05) is 0 Å². The third kappa shape index (κ3) is 3.13. The number of thiophene rings is 1. The molecule has 0 bridgehead atoms. The topological polar surface area (TPSA) is 66.4 Å². The summed E-state index contributed by atoms with van der Waals surface area (Å²) in [5, 5.41) is 11.9. The highest BCUT2D eigenvalue weighted by molar-refractivity contribution is 9.12. The molecule has 0 saturated carbocycles. The minimum atomic E-state index is -1.20. The first kappa shape index (κ1) is 15.7. The molecule has 0 saturated heterocycles. The Balaban J connectivity index is 2.99. The van der Waals surface area contributed by atoms with E-state index in [9.17, 15) is 14.7 Å². The number of rotatable bonds is 5. The molecule has 1 aromatic heterocycles. The second kappa shape index (κ2) is 6.16. The van der Waals surface area contributed by atoms with Crippen LogP contribution >= 0.6 is 43.2 Å². The number of hydrogen-bond acceptors (Lipinski definition) is 3. The highest BCUT2D eigenvalue weighted by atomic mass is 79.9. The maximum absolute atomic E-state index is 12.1. The molecule has 0 aliphatic rings. The van der Waals surface area contributed by atoms with E-state index in [2.05, 4.69) is 37.2 Å². The van der Waals surface area contributed by atoms with Gasteiger partial charge in [-0.2, -0.15) is 0 Å². The van der Waals surface area contributed by atoms with E-state index in [1.165, 1.54) is 11.3 Å². The molecule has 0 fully saturated rings. The van der Waals surface area contributed by atoms with Gasteiger partial charge in [0.25, 0.3) is 5.91 Å². The zero-order chi connectivity index (χ0) is 13.9. The van der Waals surface area contributed by atoms with Crippen molar-refractivity contribution in [1.82, 2.24) is 5.32 Å². The Kier molecular flexibility index (Phi) is 5.36. The smallest absolute Gasteiger partial charge is 0.329 e. The lowest BCUT2D eigenvalue weighted by atomic mass is 9.92. The Morgan fingerprint density at radius 2 is 1.94 bits per heavy atom. The van der Waals surface area contributed by atoms with Gasteiger partial charge in [0.2, 0.25) is 0 Å². The van der Waals surface area contributed by atoms with Crippen LogP contribution in [0.15, 0.2) is 13.6 Å². The molecule has 0 aliphatic carbocycles. The Morgan fingerprint density at radius 1 is 1.39 bits per heavy atom. The van der Waals surface area contributed by atoms with Crippen molar-refractivity contribution in [2.45, 2.75) is 32.2 Å². The molecule has 0 radical (unpaired) electrons. The molecule has 18 heavy (non-hydrogen) atoms. The standard InChI is InChI=1S/C11H13Br2NO3S/c1-3-11(4-2,10(16)17)14-9(15)6-5-7(12)18-8(6)13/h5H,3-4H2,1-2H3,(H,14,15)(H,16,17). The van der Waals surface area contributed by atoms with Crippen LogP contribution in [0.3, 0.4) is 0 Å². The summed E-state index contributed by atoms with van der Waals surface area (Å²) < 4.78 is 1.49.